The number of hydrogen-bond donors (Lipinski definition) is 1. The number of carbonyl (C=O) groups excluding carboxylic acids is 1. The van der Waals surface area contributed by atoms with Crippen molar-refractivity contribution in [2.45, 2.75) is 30.2 Å². The quantitative estimate of drug-likeness (QED) is 0.617. The summed E-state index contributed by atoms with van der Waals surface area (Å²) in [6.45, 7) is 0.971. The molecule has 1 fully saturated rings. The maximum absolute atomic E-state index is 13.9. The molecular formula is C23H25FN4O3S. The van der Waals surface area contributed by atoms with Crippen LogP contribution in [0.5, 0.6) is 0 Å². The van der Waals surface area contributed by atoms with Crippen LogP contribution in [0.15, 0.2) is 65.8 Å². The van der Waals surface area contributed by atoms with E-state index in [9.17, 15) is 17.6 Å². The van der Waals surface area contributed by atoms with E-state index in [2.05, 4.69) is 10.3 Å². The van der Waals surface area contributed by atoms with Crippen LogP contribution in [0.4, 0.5) is 4.39 Å². The summed E-state index contributed by atoms with van der Waals surface area (Å²) in [4.78, 5) is 17.5. The highest BCUT2D eigenvalue weighted by Gasteiger charge is 2.27. The highest BCUT2D eigenvalue weighted by atomic mass is 32.2. The second-order valence-corrected chi connectivity index (χ2v) is 9.79. The molecule has 3 aromatic rings. The Morgan fingerprint density at radius 2 is 1.84 bits per heavy atom. The molecule has 7 nitrogen and oxygen atoms in total. The fourth-order valence-corrected chi connectivity index (χ4v) is 5.47. The molecule has 1 aromatic heterocycles. The van der Waals surface area contributed by atoms with E-state index >= 15 is 0 Å². The van der Waals surface area contributed by atoms with Crippen molar-refractivity contribution in [3.05, 3.63) is 83.7 Å². The molecule has 1 amide bonds. The number of hydrogen-bond acceptors (Lipinski definition) is 4. The van der Waals surface area contributed by atoms with Gasteiger partial charge in [0.15, 0.2) is 0 Å². The molecule has 0 bridgehead atoms. The first-order chi connectivity index (χ1) is 15.4. The number of nitrogens with one attached hydrogen (secondary N) is 1. The number of sulfonamides is 1. The minimum atomic E-state index is -3.67. The van der Waals surface area contributed by atoms with E-state index in [0.29, 0.717) is 24.5 Å². The second-order valence-electron chi connectivity index (χ2n) is 7.85. The molecule has 0 spiro atoms. The fourth-order valence-electron chi connectivity index (χ4n) is 3.90. The van der Waals surface area contributed by atoms with Crippen LogP contribution in [0.3, 0.4) is 0 Å². The van der Waals surface area contributed by atoms with Gasteiger partial charge in [-0.25, -0.2) is 17.8 Å². The summed E-state index contributed by atoms with van der Waals surface area (Å²) in [5, 5.41) is 2.88. The van der Waals surface area contributed by atoms with Crippen molar-refractivity contribution >= 4 is 15.9 Å². The Balaban J connectivity index is 1.63. The lowest BCUT2D eigenvalue weighted by atomic mass is 10.0. The molecule has 4 rings (SSSR count). The normalized spacial score (nSPS) is 15.9. The van der Waals surface area contributed by atoms with Crippen LogP contribution >= 0.6 is 0 Å². The van der Waals surface area contributed by atoms with Crippen LogP contribution in [-0.4, -0.2) is 41.3 Å². The summed E-state index contributed by atoms with van der Waals surface area (Å²) in [7, 11) is -1.88. The van der Waals surface area contributed by atoms with Gasteiger partial charge in [0.05, 0.1) is 4.90 Å². The van der Waals surface area contributed by atoms with Crippen LogP contribution in [0.1, 0.15) is 47.1 Å². The maximum atomic E-state index is 13.9. The van der Waals surface area contributed by atoms with Crippen molar-refractivity contribution in [3.8, 4) is 0 Å². The van der Waals surface area contributed by atoms with Gasteiger partial charge in [-0.05, 0) is 48.7 Å². The van der Waals surface area contributed by atoms with E-state index in [4.69, 9.17) is 0 Å². The monoisotopic (exact) mass is 456 g/mol. The zero-order valence-corrected chi connectivity index (χ0v) is 18.6. The molecule has 32 heavy (non-hydrogen) atoms. The first-order valence-electron chi connectivity index (χ1n) is 10.5. The van der Waals surface area contributed by atoms with Gasteiger partial charge in [0.2, 0.25) is 10.0 Å². The Bertz CT molecular complexity index is 1220. The van der Waals surface area contributed by atoms with Gasteiger partial charge in [-0.2, -0.15) is 4.31 Å². The summed E-state index contributed by atoms with van der Waals surface area (Å²) in [6.07, 6.45) is 6.01. The standard InChI is InChI=1S/C23H25FN4O3S/c1-27-14-11-25-22(27)21(17-7-5-9-19(24)15-17)26-23(29)18-8-6-10-20(16-18)32(30,31)28-12-3-2-4-13-28/h5-11,14-16,21H,2-4,12-13H2,1H3,(H,26,29)/t21-/m1/s1. The van der Waals surface area contributed by atoms with Crippen LogP contribution in [0.2, 0.25) is 0 Å². The minimum Gasteiger partial charge on any atom is -0.338 e. The zero-order chi connectivity index (χ0) is 22.7. The third-order valence-corrected chi connectivity index (χ3v) is 7.52. The highest BCUT2D eigenvalue weighted by molar-refractivity contribution is 7.89. The third-order valence-electron chi connectivity index (χ3n) is 5.62. The largest absolute Gasteiger partial charge is 0.338 e. The van der Waals surface area contributed by atoms with E-state index in [1.807, 2.05) is 0 Å². The molecular weight excluding hydrogens is 431 g/mol. The first kappa shape index (κ1) is 22.2. The SMILES string of the molecule is Cn1ccnc1[C@H](NC(=O)c1cccc(S(=O)(=O)N2CCCCC2)c1)c1cccc(F)c1. The van der Waals surface area contributed by atoms with Gasteiger partial charge < -0.3 is 9.88 Å². The number of aryl methyl sites for hydroxylation is 1. The molecule has 1 aliphatic heterocycles. The molecule has 168 valence electrons. The number of aromatic nitrogens is 2. The number of amides is 1. The summed E-state index contributed by atoms with van der Waals surface area (Å²) >= 11 is 0. The lowest BCUT2D eigenvalue weighted by molar-refractivity contribution is 0.0941. The van der Waals surface area contributed by atoms with Gasteiger partial charge in [0, 0.05) is 38.1 Å². The van der Waals surface area contributed by atoms with Gasteiger partial charge in [-0.1, -0.05) is 24.6 Å². The maximum Gasteiger partial charge on any atom is 0.252 e. The van der Waals surface area contributed by atoms with Gasteiger partial charge in [-0.3, -0.25) is 4.79 Å². The van der Waals surface area contributed by atoms with E-state index in [1.165, 1.54) is 28.6 Å². The van der Waals surface area contributed by atoms with Crippen LogP contribution in [-0.2, 0) is 17.1 Å². The van der Waals surface area contributed by atoms with Crippen molar-refractivity contribution in [2.75, 3.05) is 13.1 Å². The number of piperidine rings is 1. The average molecular weight is 457 g/mol. The van der Waals surface area contributed by atoms with Crippen molar-refractivity contribution in [2.24, 2.45) is 7.05 Å². The number of carbonyl (C=O) groups is 1. The molecule has 9 heteroatoms. The number of nitrogens with zero attached hydrogens (tertiary/aromatic N) is 3. The number of imidazole rings is 1. The summed E-state index contributed by atoms with van der Waals surface area (Å²) in [6, 6.07) is 11.3. The van der Waals surface area contributed by atoms with Crippen LogP contribution in [0, 0.1) is 5.82 Å². The molecule has 0 unspecified atom stereocenters. The molecule has 2 heterocycles. The second kappa shape index (κ2) is 9.22. The molecule has 1 saturated heterocycles. The molecule has 0 radical (unpaired) electrons. The predicted octanol–water partition coefficient (Wildman–Crippen LogP) is 3.25. The first-order valence-corrected chi connectivity index (χ1v) is 11.9. The van der Waals surface area contributed by atoms with Gasteiger partial charge in [0.1, 0.15) is 17.7 Å². The minimum absolute atomic E-state index is 0.0892. The van der Waals surface area contributed by atoms with Gasteiger partial charge in [-0.15, -0.1) is 0 Å². The zero-order valence-electron chi connectivity index (χ0n) is 17.7. The molecule has 1 aliphatic rings. The average Bonchev–Trinajstić information content (AvgIpc) is 3.23. The Hall–Kier alpha value is -3.04. The van der Waals surface area contributed by atoms with Crippen molar-refractivity contribution in [1.29, 1.82) is 0 Å². The van der Waals surface area contributed by atoms with Crippen LogP contribution < -0.4 is 5.32 Å². The van der Waals surface area contributed by atoms with E-state index < -0.39 is 27.8 Å². The van der Waals surface area contributed by atoms with E-state index in [1.54, 1.807) is 48.3 Å². The smallest absolute Gasteiger partial charge is 0.252 e. The molecule has 2 aromatic carbocycles. The molecule has 0 aliphatic carbocycles. The van der Waals surface area contributed by atoms with Crippen molar-refractivity contribution in [3.63, 3.8) is 0 Å². The van der Waals surface area contributed by atoms with Crippen molar-refractivity contribution in [1.82, 2.24) is 19.2 Å². The number of benzene rings is 2. The molecule has 1 atom stereocenters. The Morgan fingerprint density at radius 1 is 1.09 bits per heavy atom. The van der Waals surface area contributed by atoms with Gasteiger partial charge >= 0.3 is 0 Å². The molecule has 1 N–H and O–H groups in total. The van der Waals surface area contributed by atoms with Crippen molar-refractivity contribution < 1.29 is 17.6 Å². The predicted molar refractivity (Wildman–Crippen MR) is 118 cm³/mol. The third kappa shape index (κ3) is 4.58. The van der Waals surface area contributed by atoms with Gasteiger partial charge in [0.25, 0.3) is 5.91 Å². The Labute approximate surface area is 186 Å². The van der Waals surface area contributed by atoms with E-state index in [-0.39, 0.29) is 10.5 Å². The Morgan fingerprint density at radius 3 is 2.53 bits per heavy atom. The summed E-state index contributed by atoms with van der Waals surface area (Å²) < 4.78 is 43.1. The lowest BCUT2D eigenvalue weighted by Gasteiger charge is -2.26. The van der Waals surface area contributed by atoms with E-state index in [0.717, 1.165) is 19.3 Å². The number of halogens is 1. The summed E-state index contributed by atoms with van der Waals surface area (Å²) in [5.41, 5.74) is 0.739. The number of rotatable bonds is 6. The Kier molecular flexibility index (Phi) is 6.38. The summed E-state index contributed by atoms with van der Waals surface area (Å²) in [5.74, 6) is -0.371. The molecule has 0 saturated carbocycles. The lowest BCUT2D eigenvalue weighted by Crippen LogP contribution is -2.36. The highest BCUT2D eigenvalue weighted by Crippen LogP contribution is 2.24. The van der Waals surface area contributed by atoms with Crippen LogP contribution in [0.25, 0.3) is 0 Å². The topological polar surface area (TPSA) is 84.3 Å². The fraction of sp³-hybridized carbons (Fsp3) is 0.304.